The van der Waals surface area contributed by atoms with Gasteiger partial charge in [0.05, 0.1) is 0 Å². The highest BCUT2D eigenvalue weighted by atomic mass is 14.1. The zero-order chi connectivity index (χ0) is 19.8. The first-order valence-corrected chi connectivity index (χ1v) is 13.3. The van der Waals surface area contributed by atoms with Crippen LogP contribution >= 0.6 is 0 Å². The van der Waals surface area contributed by atoms with E-state index in [1.807, 2.05) is 0 Å². The maximum atomic E-state index is 2.40. The summed E-state index contributed by atoms with van der Waals surface area (Å²) < 4.78 is 0. The van der Waals surface area contributed by atoms with Crippen molar-refractivity contribution in [1.82, 2.24) is 0 Å². The summed E-state index contributed by atoms with van der Waals surface area (Å²) in [6.07, 6.45) is 33.8. The Balaban J connectivity index is 3.17. The third-order valence-electron chi connectivity index (χ3n) is 6.51. The predicted octanol–water partition coefficient (Wildman–Crippen LogP) is 10.6. The SMILES string of the molecule is CCCCCCCCCCCCCCCCCCC(CC)CCCCCC. The second-order valence-corrected chi connectivity index (χ2v) is 9.22. The molecular weight excluding hydrogens is 324 g/mol. The summed E-state index contributed by atoms with van der Waals surface area (Å²) in [4.78, 5) is 0. The minimum Gasteiger partial charge on any atom is -0.0654 e. The van der Waals surface area contributed by atoms with E-state index in [-0.39, 0.29) is 0 Å². The summed E-state index contributed by atoms with van der Waals surface area (Å²) in [6.45, 7) is 7.02. The van der Waals surface area contributed by atoms with Crippen molar-refractivity contribution in [3.8, 4) is 0 Å². The van der Waals surface area contributed by atoms with Crippen molar-refractivity contribution in [1.29, 1.82) is 0 Å². The largest absolute Gasteiger partial charge is 0.0654 e. The van der Waals surface area contributed by atoms with Crippen molar-refractivity contribution in [2.75, 3.05) is 0 Å². The maximum Gasteiger partial charge on any atom is -0.0417 e. The van der Waals surface area contributed by atoms with Crippen molar-refractivity contribution in [2.24, 2.45) is 5.92 Å². The van der Waals surface area contributed by atoms with Gasteiger partial charge in [0.25, 0.3) is 0 Å². The van der Waals surface area contributed by atoms with Crippen LogP contribution in [0, 0.1) is 5.92 Å². The topological polar surface area (TPSA) is 0 Å². The number of hydrogen-bond acceptors (Lipinski definition) is 0. The first-order chi connectivity index (χ1) is 13.3. The highest BCUT2D eigenvalue weighted by Crippen LogP contribution is 2.21. The van der Waals surface area contributed by atoms with Gasteiger partial charge >= 0.3 is 0 Å². The van der Waals surface area contributed by atoms with Crippen LogP contribution in [0.2, 0.25) is 0 Å². The fourth-order valence-electron chi connectivity index (χ4n) is 4.39. The summed E-state index contributed by atoms with van der Waals surface area (Å²) in [5.41, 5.74) is 0. The first kappa shape index (κ1) is 27.0. The van der Waals surface area contributed by atoms with Gasteiger partial charge in [0, 0.05) is 0 Å². The summed E-state index contributed by atoms with van der Waals surface area (Å²) in [7, 11) is 0. The molecule has 0 nitrogen and oxygen atoms in total. The molecule has 0 aromatic carbocycles. The molecule has 0 aliphatic carbocycles. The third-order valence-corrected chi connectivity index (χ3v) is 6.51. The molecule has 1 unspecified atom stereocenters. The molecule has 0 rings (SSSR count). The highest BCUT2D eigenvalue weighted by Gasteiger charge is 2.05. The summed E-state index contributed by atoms with van der Waals surface area (Å²) in [6, 6.07) is 0. The number of unbranched alkanes of at least 4 members (excludes halogenated alkanes) is 18. The van der Waals surface area contributed by atoms with Crippen LogP contribution in [0.3, 0.4) is 0 Å². The number of hydrogen-bond donors (Lipinski definition) is 0. The van der Waals surface area contributed by atoms with Gasteiger partial charge in [-0.3, -0.25) is 0 Å². The Morgan fingerprint density at radius 2 is 0.593 bits per heavy atom. The molecule has 0 bridgehead atoms. The monoisotopic (exact) mass is 380 g/mol. The van der Waals surface area contributed by atoms with Gasteiger partial charge in [0.1, 0.15) is 0 Å². The molecule has 0 aliphatic rings. The average molecular weight is 381 g/mol. The van der Waals surface area contributed by atoms with Gasteiger partial charge in [-0.25, -0.2) is 0 Å². The van der Waals surface area contributed by atoms with Gasteiger partial charge in [0.15, 0.2) is 0 Å². The minimum atomic E-state index is 1.02. The molecule has 0 aliphatic heterocycles. The predicted molar refractivity (Wildman–Crippen MR) is 127 cm³/mol. The Labute approximate surface area is 174 Å². The van der Waals surface area contributed by atoms with Crippen LogP contribution in [0.4, 0.5) is 0 Å². The van der Waals surface area contributed by atoms with Gasteiger partial charge in [-0.05, 0) is 5.92 Å². The zero-order valence-corrected chi connectivity index (χ0v) is 19.8. The molecule has 164 valence electrons. The molecule has 1 atom stereocenters. The first-order valence-electron chi connectivity index (χ1n) is 13.3. The molecule has 0 saturated carbocycles. The van der Waals surface area contributed by atoms with Crippen molar-refractivity contribution >= 4 is 0 Å². The van der Waals surface area contributed by atoms with E-state index < -0.39 is 0 Å². The molecule has 0 radical (unpaired) electrons. The van der Waals surface area contributed by atoms with Crippen molar-refractivity contribution in [2.45, 2.75) is 168 Å². The van der Waals surface area contributed by atoms with E-state index in [1.165, 1.54) is 148 Å². The third kappa shape index (κ3) is 22.2. The van der Waals surface area contributed by atoms with Gasteiger partial charge in [-0.15, -0.1) is 0 Å². The van der Waals surface area contributed by atoms with E-state index in [4.69, 9.17) is 0 Å². The second-order valence-electron chi connectivity index (χ2n) is 9.22. The molecule has 0 saturated heterocycles. The van der Waals surface area contributed by atoms with Gasteiger partial charge in [-0.1, -0.05) is 168 Å². The van der Waals surface area contributed by atoms with Crippen LogP contribution in [0.25, 0.3) is 0 Å². The van der Waals surface area contributed by atoms with E-state index in [1.54, 1.807) is 0 Å². The van der Waals surface area contributed by atoms with E-state index in [0.717, 1.165) is 5.92 Å². The van der Waals surface area contributed by atoms with E-state index >= 15 is 0 Å². The van der Waals surface area contributed by atoms with Crippen LogP contribution < -0.4 is 0 Å². The highest BCUT2D eigenvalue weighted by molar-refractivity contribution is 4.59. The van der Waals surface area contributed by atoms with Crippen LogP contribution in [0.1, 0.15) is 168 Å². The summed E-state index contributed by atoms with van der Waals surface area (Å²) in [5.74, 6) is 1.02. The summed E-state index contributed by atoms with van der Waals surface area (Å²) >= 11 is 0. The lowest BCUT2D eigenvalue weighted by atomic mass is 9.92. The molecular formula is C27H56. The standard InChI is InChI=1S/C27H56/c1-4-7-9-11-12-13-14-15-16-17-18-19-20-21-22-24-26-27(6-3)25-23-10-8-5-2/h27H,4-26H2,1-3H3. The van der Waals surface area contributed by atoms with Crippen LogP contribution in [-0.2, 0) is 0 Å². The van der Waals surface area contributed by atoms with Crippen LogP contribution in [0.5, 0.6) is 0 Å². The maximum absolute atomic E-state index is 2.40. The Bertz CT molecular complexity index is 244. The van der Waals surface area contributed by atoms with Crippen LogP contribution in [0.15, 0.2) is 0 Å². The minimum absolute atomic E-state index is 1.02. The molecule has 0 heteroatoms. The van der Waals surface area contributed by atoms with Crippen molar-refractivity contribution in [3.05, 3.63) is 0 Å². The molecule has 0 amide bonds. The molecule has 0 aromatic heterocycles. The average Bonchev–Trinajstić information content (AvgIpc) is 2.69. The fraction of sp³-hybridized carbons (Fsp3) is 1.00. The van der Waals surface area contributed by atoms with Gasteiger partial charge < -0.3 is 0 Å². The Morgan fingerprint density at radius 3 is 0.889 bits per heavy atom. The lowest BCUT2D eigenvalue weighted by Crippen LogP contribution is -1.99. The smallest absolute Gasteiger partial charge is 0.0417 e. The number of rotatable bonds is 23. The molecule has 0 N–H and O–H groups in total. The molecule has 0 heterocycles. The Morgan fingerprint density at radius 1 is 0.333 bits per heavy atom. The molecule has 0 aromatic rings. The lowest BCUT2D eigenvalue weighted by molar-refractivity contribution is 0.393. The normalized spacial score (nSPS) is 12.6. The molecule has 27 heavy (non-hydrogen) atoms. The van der Waals surface area contributed by atoms with E-state index in [2.05, 4.69) is 20.8 Å². The Kier molecular flexibility index (Phi) is 24.0. The fourth-order valence-corrected chi connectivity index (χ4v) is 4.39. The van der Waals surface area contributed by atoms with E-state index in [9.17, 15) is 0 Å². The quantitative estimate of drug-likeness (QED) is 0.155. The lowest BCUT2D eigenvalue weighted by Gasteiger charge is -2.14. The molecule has 0 fully saturated rings. The zero-order valence-electron chi connectivity index (χ0n) is 19.8. The Hall–Kier alpha value is 0. The van der Waals surface area contributed by atoms with Crippen molar-refractivity contribution in [3.63, 3.8) is 0 Å². The molecule has 0 spiro atoms. The van der Waals surface area contributed by atoms with Gasteiger partial charge in [0.2, 0.25) is 0 Å². The van der Waals surface area contributed by atoms with Gasteiger partial charge in [-0.2, -0.15) is 0 Å². The summed E-state index contributed by atoms with van der Waals surface area (Å²) in [5, 5.41) is 0. The second kappa shape index (κ2) is 24.0. The van der Waals surface area contributed by atoms with Crippen molar-refractivity contribution < 1.29 is 0 Å². The van der Waals surface area contributed by atoms with E-state index in [0.29, 0.717) is 0 Å². The van der Waals surface area contributed by atoms with Crippen LogP contribution in [-0.4, -0.2) is 0 Å².